The molecular formula is C25H51. The minimum Gasteiger partial charge on any atom is -0.0654 e. The SMILES string of the molecule is CCCCCCC[C](CCC)C(CCC)(CCCC)CCCCCC. The third-order valence-corrected chi connectivity index (χ3v) is 6.13. The van der Waals surface area contributed by atoms with E-state index >= 15 is 0 Å². The van der Waals surface area contributed by atoms with Gasteiger partial charge in [-0.1, -0.05) is 118 Å². The molecule has 0 aliphatic heterocycles. The molecule has 0 aromatic carbocycles. The van der Waals surface area contributed by atoms with Crippen LogP contribution in [0.15, 0.2) is 0 Å². The summed E-state index contributed by atoms with van der Waals surface area (Å²) in [6.45, 7) is 11.8. The molecule has 0 aromatic heterocycles. The lowest BCUT2D eigenvalue weighted by molar-refractivity contribution is 0.196. The summed E-state index contributed by atoms with van der Waals surface area (Å²) in [7, 11) is 0. The Balaban J connectivity index is 4.91. The monoisotopic (exact) mass is 351 g/mol. The second-order valence-corrected chi connectivity index (χ2v) is 8.46. The molecule has 0 saturated carbocycles. The van der Waals surface area contributed by atoms with Gasteiger partial charge in [0, 0.05) is 0 Å². The Hall–Kier alpha value is 0. The van der Waals surface area contributed by atoms with Crippen LogP contribution in [-0.4, -0.2) is 0 Å². The van der Waals surface area contributed by atoms with Crippen molar-refractivity contribution in [1.29, 1.82) is 0 Å². The van der Waals surface area contributed by atoms with E-state index in [1.807, 2.05) is 5.92 Å². The number of rotatable bonds is 19. The molecule has 0 heterocycles. The first-order chi connectivity index (χ1) is 12.2. The van der Waals surface area contributed by atoms with E-state index in [0.717, 1.165) is 0 Å². The molecule has 1 radical (unpaired) electrons. The zero-order chi connectivity index (χ0) is 18.8. The summed E-state index contributed by atoms with van der Waals surface area (Å²) >= 11 is 0. The molecule has 0 aromatic rings. The van der Waals surface area contributed by atoms with Crippen molar-refractivity contribution in [3.05, 3.63) is 5.92 Å². The summed E-state index contributed by atoms with van der Waals surface area (Å²) in [5, 5.41) is 0. The summed E-state index contributed by atoms with van der Waals surface area (Å²) in [5.74, 6) is 1.97. The second-order valence-electron chi connectivity index (χ2n) is 8.46. The van der Waals surface area contributed by atoms with Crippen LogP contribution in [0.2, 0.25) is 0 Å². The van der Waals surface area contributed by atoms with Gasteiger partial charge in [0.25, 0.3) is 0 Å². The minimum atomic E-state index is 0.583. The maximum absolute atomic E-state index is 2.41. The quantitative estimate of drug-likeness (QED) is 0.203. The topological polar surface area (TPSA) is 0 Å². The summed E-state index contributed by atoms with van der Waals surface area (Å²) in [5.41, 5.74) is 0.583. The molecule has 0 saturated heterocycles. The van der Waals surface area contributed by atoms with E-state index < -0.39 is 0 Å². The summed E-state index contributed by atoms with van der Waals surface area (Å²) < 4.78 is 0. The van der Waals surface area contributed by atoms with Crippen molar-refractivity contribution in [1.82, 2.24) is 0 Å². The molecule has 0 amide bonds. The van der Waals surface area contributed by atoms with E-state index in [9.17, 15) is 0 Å². The van der Waals surface area contributed by atoms with Crippen molar-refractivity contribution in [2.75, 3.05) is 0 Å². The normalized spacial score (nSPS) is 14.2. The fourth-order valence-electron chi connectivity index (χ4n) is 4.69. The Labute approximate surface area is 161 Å². The van der Waals surface area contributed by atoms with Crippen molar-refractivity contribution in [2.45, 2.75) is 150 Å². The molecule has 1 atom stereocenters. The van der Waals surface area contributed by atoms with Gasteiger partial charge in [-0.25, -0.2) is 0 Å². The highest BCUT2D eigenvalue weighted by Gasteiger charge is 2.36. The summed E-state index contributed by atoms with van der Waals surface area (Å²) in [6.07, 6.45) is 25.5. The third-order valence-electron chi connectivity index (χ3n) is 6.13. The van der Waals surface area contributed by atoms with Crippen LogP contribution in [0, 0.1) is 11.3 Å². The van der Waals surface area contributed by atoms with E-state index in [0.29, 0.717) is 5.41 Å². The van der Waals surface area contributed by atoms with Crippen molar-refractivity contribution >= 4 is 0 Å². The van der Waals surface area contributed by atoms with Gasteiger partial charge in [-0.05, 0) is 43.4 Å². The first-order valence-electron chi connectivity index (χ1n) is 12.1. The van der Waals surface area contributed by atoms with Crippen molar-refractivity contribution < 1.29 is 0 Å². The highest BCUT2D eigenvalue weighted by Crippen LogP contribution is 2.48. The van der Waals surface area contributed by atoms with E-state index in [4.69, 9.17) is 0 Å². The van der Waals surface area contributed by atoms with Crippen LogP contribution in [0.3, 0.4) is 0 Å². The molecule has 0 N–H and O–H groups in total. The molecule has 0 fully saturated rings. The Kier molecular flexibility index (Phi) is 17.4. The van der Waals surface area contributed by atoms with E-state index in [1.54, 1.807) is 0 Å². The van der Waals surface area contributed by atoms with Crippen molar-refractivity contribution in [3.63, 3.8) is 0 Å². The molecule has 0 heteroatoms. The fourth-order valence-corrected chi connectivity index (χ4v) is 4.69. The molecule has 0 nitrogen and oxygen atoms in total. The van der Waals surface area contributed by atoms with E-state index in [1.165, 1.54) is 116 Å². The van der Waals surface area contributed by atoms with Crippen LogP contribution in [0.5, 0.6) is 0 Å². The maximum atomic E-state index is 2.41. The molecule has 0 aliphatic rings. The van der Waals surface area contributed by atoms with Crippen LogP contribution in [0.1, 0.15) is 150 Å². The molecular weight excluding hydrogens is 300 g/mol. The van der Waals surface area contributed by atoms with Gasteiger partial charge < -0.3 is 0 Å². The predicted octanol–water partition coefficient (Wildman–Crippen LogP) is 9.67. The zero-order valence-electron chi connectivity index (χ0n) is 18.7. The van der Waals surface area contributed by atoms with Gasteiger partial charge in [-0.3, -0.25) is 0 Å². The highest BCUT2D eigenvalue weighted by molar-refractivity contribution is 5.06. The number of hydrogen-bond acceptors (Lipinski definition) is 0. The largest absolute Gasteiger partial charge is 0.0654 e. The Morgan fingerprint density at radius 3 is 1.56 bits per heavy atom. The van der Waals surface area contributed by atoms with Crippen LogP contribution in [0.25, 0.3) is 0 Å². The Morgan fingerprint density at radius 1 is 0.440 bits per heavy atom. The fraction of sp³-hybridized carbons (Fsp3) is 0.960. The molecule has 0 aliphatic carbocycles. The highest BCUT2D eigenvalue weighted by atomic mass is 14.4. The van der Waals surface area contributed by atoms with Gasteiger partial charge in [0.05, 0.1) is 0 Å². The molecule has 0 rings (SSSR count). The molecule has 0 spiro atoms. The van der Waals surface area contributed by atoms with Crippen molar-refractivity contribution in [2.24, 2.45) is 5.41 Å². The van der Waals surface area contributed by atoms with Gasteiger partial charge in [-0.15, -0.1) is 0 Å². The smallest absolute Gasteiger partial charge is 0.0179 e. The predicted molar refractivity (Wildman–Crippen MR) is 117 cm³/mol. The van der Waals surface area contributed by atoms with E-state index in [-0.39, 0.29) is 0 Å². The van der Waals surface area contributed by atoms with Crippen LogP contribution in [0.4, 0.5) is 0 Å². The lowest BCUT2D eigenvalue weighted by atomic mass is 9.63. The van der Waals surface area contributed by atoms with Crippen LogP contribution < -0.4 is 0 Å². The molecule has 1 unspecified atom stereocenters. The lowest BCUT2D eigenvalue weighted by Gasteiger charge is -2.42. The molecule has 25 heavy (non-hydrogen) atoms. The molecule has 0 bridgehead atoms. The van der Waals surface area contributed by atoms with Crippen LogP contribution in [-0.2, 0) is 0 Å². The standard InChI is InChI=1S/C25H51/c1-6-11-14-16-17-20-24(19-9-4)25(21-10-5,22-13-8-3)23-18-15-12-7-2/h6-23H2,1-5H3. The zero-order valence-corrected chi connectivity index (χ0v) is 18.7. The lowest BCUT2D eigenvalue weighted by Crippen LogP contribution is -2.30. The maximum Gasteiger partial charge on any atom is -0.0179 e. The Bertz CT molecular complexity index is 257. The minimum absolute atomic E-state index is 0.583. The average molecular weight is 352 g/mol. The first kappa shape index (κ1) is 25.0. The van der Waals surface area contributed by atoms with Gasteiger partial charge in [-0.2, -0.15) is 0 Å². The van der Waals surface area contributed by atoms with E-state index in [2.05, 4.69) is 34.6 Å². The van der Waals surface area contributed by atoms with Gasteiger partial charge in [0.1, 0.15) is 0 Å². The average Bonchev–Trinajstić information content (AvgIpc) is 2.62. The van der Waals surface area contributed by atoms with Gasteiger partial charge in [0.15, 0.2) is 0 Å². The number of unbranched alkanes of at least 4 members (excludes halogenated alkanes) is 8. The van der Waals surface area contributed by atoms with Crippen LogP contribution >= 0.6 is 0 Å². The second kappa shape index (κ2) is 17.4. The van der Waals surface area contributed by atoms with Crippen molar-refractivity contribution in [3.8, 4) is 0 Å². The van der Waals surface area contributed by atoms with Gasteiger partial charge in [0.2, 0.25) is 0 Å². The summed E-state index contributed by atoms with van der Waals surface area (Å²) in [6, 6.07) is 0. The molecule has 151 valence electrons. The summed E-state index contributed by atoms with van der Waals surface area (Å²) in [4.78, 5) is 0. The Morgan fingerprint density at radius 2 is 1.00 bits per heavy atom. The third kappa shape index (κ3) is 11.3. The first-order valence-corrected chi connectivity index (χ1v) is 12.1. The van der Waals surface area contributed by atoms with Gasteiger partial charge >= 0.3 is 0 Å². The number of hydrogen-bond donors (Lipinski definition) is 0.